The van der Waals surface area contributed by atoms with E-state index >= 15 is 0 Å². The lowest BCUT2D eigenvalue weighted by atomic mass is 10.0. The minimum Gasteiger partial charge on any atom is -0.378 e. The maximum atomic E-state index is 12.1. The van der Waals surface area contributed by atoms with Gasteiger partial charge in [0.05, 0.1) is 12.6 Å². The van der Waals surface area contributed by atoms with Crippen molar-refractivity contribution in [3.8, 4) is 0 Å². The van der Waals surface area contributed by atoms with Gasteiger partial charge in [-0.05, 0) is 47.7 Å². The van der Waals surface area contributed by atoms with E-state index in [-0.39, 0.29) is 5.91 Å². The van der Waals surface area contributed by atoms with Crippen molar-refractivity contribution in [3.05, 3.63) is 20.8 Å². The number of carbonyl (C=O) groups is 1. The van der Waals surface area contributed by atoms with Crippen LogP contribution in [0.5, 0.6) is 0 Å². The molecule has 1 saturated heterocycles. The van der Waals surface area contributed by atoms with Gasteiger partial charge in [0.2, 0.25) is 5.91 Å². The zero-order chi connectivity index (χ0) is 13.7. The largest absolute Gasteiger partial charge is 0.378 e. The minimum absolute atomic E-state index is 0.207. The summed E-state index contributed by atoms with van der Waals surface area (Å²) in [6, 6.07) is 2.07. The van der Waals surface area contributed by atoms with Crippen LogP contribution in [0, 0.1) is 0 Å². The van der Waals surface area contributed by atoms with E-state index in [0.717, 1.165) is 30.3 Å². The molecule has 106 valence electrons. The molecule has 2 rings (SSSR count). The Morgan fingerprint density at radius 1 is 1.58 bits per heavy atom. The number of carbonyl (C=O) groups excluding carboxylic acids is 1. The standard InChI is InChI=1S/C14H20BrNO2S/c1-16(9-13-8-11(15)10-19-13)14(17)6-5-12-4-2-3-7-18-12/h8,10,12H,2-7,9H2,1H3. The van der Waals surface area contributed by atoms with Crippen LogP contribution in [0.15, 0.2) is 15.9 Å². The molecule has 0 saturated carbocycles. The number of hydrogen-bond acceptors (Lipinski definition) is 3. The third kappa shape index (κ3) is 4.89. The molecule has 1 fully saturated rings. The van der Waals surface area contributed by atoms with Gasteiger partial charge in [0.15, 0.2) is 0 Å². The molecule has 0 aromatic carbocycles. The number of hydrogen-bond donors (Lipinski definition) is 0. The number of rotatable bonds is 5. The predicted molar refractivity (Wildman–Crippen MR) is 81.3 cm³/mol. The summed E-state index contributed by atoms with van der Waals surface area (Å²) in [6.07, 6.45) is 5.25. The molecule has 0 aliphatic carbocycles. The fourth-order valence-electron chi connectivity index (χ4n) is 2.27. The van der Waals surface area contributed by atoms with Gasteiger partial charge < -0.3 is 9.64 Å². The maximum absolute atomic E-state index is 12.1. The van der Waals surface area contributed by atoms with E-state index in [0.29, 0.717) is 19.1 Å². The van der Waals surface area contributed by atoms with Crippen molar-refractivity contribution in [2.45, 2.75) is 44.8 Å². The minimum atomic E-state index is 0.207. The fourth-order valence-corrected chi connectivity index (χ4v) is 3.77. The van der Waals surface area contributed by atoms with Crippen LogP contribution in [-0.4, -0.2) is 30.6 Å². The highest BCUT2D eigenvalue weighted by atomic mass is 79.9. The van der Waals surface area contributed by atoms with Crippen LogP contribution >= 0.6 is 27.3 Å². The van der Waals surface area contributed by atoms with Crippen LogP contribution in [0.4, 0.5) is 0 Å². The van der Waals surface area contributed by atoms with Gasteiger partial charge in [-0.3, -0.25) is 4.79 Å². The quantitative estimate of drug-likeness (QED) is 0.811. The number of ether oxygens (including phenoxy) is 1. The van der Waals surface area contributed by atoms with E-state index in [1.165, 1.54) is 11.3 Å². The summed E-state index contributed by atoms with van der Waals surface area (Å²) in [5, 5.41) is 2.05. The van der Waals surface area contributed by atoms with E-state index in [1.54, 1.807) is 16.2 Å². The zero-order valence-corrected chi connectivity index (χ0v) is 13.6. The van der Waals surface area contributed by atoms with Gasteiger partial charge in [0, 0.05) is 34.8 Å². The first-order chi connectivity index (χ1) is 9.15. The average molecular weight is 346 g/mol. The summed E-state index contributed by atoms with van der Waals surface area (Å²) in [5.74, 6) is 0.207. The Morgan fingerprint density at radius 3 is 3.05 bits per heavy atom. The molecular weight excluding hydrogens is 326 g/mol. The van der Waals surface area contributed by atoms with Gasteiger partial charge in [-0.2, -0.15) is 0 Å². The molecule has 0 bridgehead atoms. The van der Waals surface area contributed by atoms with Crippen LogP contribution in [0.25, 0.3) is 0 Å². The van der Waals surface area contributed by atoms with E-state index in [9.17, 15) is 4.79 Å². The second-order valence-electron chi connectivity index (χ2n) is 5.01. The van der Waals surface area contributed by atoms with Crippen molar-refractivity contribution in [3.63, 3.8) is 0 Å². The van der Waals surface area contributed by atoms with Crippen molar-refractivity contribution in [2.75, 3.05) is 13.7 Å². The maximum Gasteiger partial charge on any atom is 0.222 e. The fraction of sp³-hybridized carbons (Fsp3) is 0.643. The Kier molecular flexibility index (Phi) is 5.85. The summed E-state index contributed by atoms with van der Waals surface area (Å²) < 4.78 is 6.74. The monoisotopic (exact) mass is 345 g/mol. The molecule has 1 amide bonds. The Bertz CT molecular complexity index is 415. The third-order valence-corrected chi connectivity index (χ3v) is 5.08. The summed E-state index contributed by atoms with van der Waals surface area (Å²) in [6.45, 7) is 1.55. The highest BCUT2D eigenvalue weighted by Gasteiger charge is 2.17. The van der Waals surface area contributed by atoms with Crippen LogP contribution in [0.1, 0.15) is 37.0 Å². The predicted octanol–water partition coefficient (Wildman–Crippen LogP) is 3.82. The molecular formula is C14H20BrNO2S. The molecule has 3 nitrogen and oxygen atoms in total. The van der Waals surface area contributed by atoms with Crippen molar-refractivity contribution in [1.82, 2.24) is 4.90 Å². The molecule has 1 atom stereocenters. The Balaban J connectivity index is 1.72. The molecule has 2 heterocycles. The highest BCUT2D eigenvalue weighted by molar-refractivity contribution is 9.10. The number of amides is 1. The van der Waals surface area contributed by atoms with Crippen molar-refractivity contribution < 1.29 is 9.53 Å². The van der Waals surface area contributed by atoms with Gasteiger partial charge in [0.1, 0.15) is 0 Å². The molecule has 5 heteroatoms. The first-order valence-corrected chi connectivity index (χ1v) is 8.41. The lowest BCUT2D eigenvalue weighted by molar-refractivity contribution is -0.131. The third-order valence-electron chi connectivity index (χ3n) is 3.39. The molecule has 1 aromatic rings. The van der Waals surface area contributed by atoms with Crippen molar-refractivity contribution in [1.29, 1.82) is 0 Å². The van der Waals surface area contributed by atoms with E-state index in [1.807, 2.05) is 12.4 Å². The lowest BCUT2D eigenvalue weighted by Crippen LogP contribution is -2.28. The molecule has 0 radical (unpaired) electrons. The van der Waals surface area contributed by atoms with Crippen LogP contribution in [0.3, 0.4) is 0 Å². The zero-order valence-electron chi connectivity index (χ0n) is 11.2. The van der Waals surface area contributed by atoms with Crippen molar-refractivity contribution in [2.24, 2.45) is 0 Å². The average Bonchev–Trinajstić information content (AvgIpc) is 2.82. The summed E-state index contributed by atoms with van der Waals surface area (Å²) in [7, 11) is 1.87. The molecule has 0 N–H and O–H groups in total. The number of nitrogens with zero attached hydrogens (tertiary/aromatic N) is 1. The van der Waals surface area contributed by atoms with E-state index < -0.39 is 0 Å². The normalized spacial score (nSPS) is 19.4. The summed E-state index contributed by atoms with van der Waals surface area (Å²) in [5.41, 5.74) is 0. The first-order valence-electron chi connectivity index (χ1n) is 6.73. The summed E-state index contributed by atoms with van der Waals surface area (Å²) in [4.78, 5) is 15.1. The Labute approximate surface area is 127 Å². The van der Waals surface area contributed by atoms with E-state index in [4.69, 9.17) is 4.74 Å². The van der Waals surface area contributed by atoms with Gasteiger partial charge in [-0.15, -0.1) is 11.3 Å². The topological polar surface area (TPSA) is 29.5 Å². The second-order valence-corrected chi connectivity index (χ2v) is 6.92. The van der Waals surface area contributed by atoms with E-state index in [2.05, 4.69) is 22.0 Å². The Hall–Kier alpha value is -0.390. The van der Waals surface area contributed by atoms with Crippen molar-refractivity contribution >= 4 is 33.2 Å². The van der Waals surface area contributed by atoms with Crippen LogP contribution < -0.4 is 0 Å². The van der Waals surface area contributed by atoms with Crippen LogP contribution in [0.2, 0.25) is 0 Å². The Morgan fingerprint density at radius 2 is 2.42 bits per heavy atom. The lowest BCUT2D eigenvalue weighted by Gasteiger charge is -2.23. The molecule has 19 heavy (non-hydrogen) atoms. The molecule has 0 spiro atoms. The van der Waals surface area contributed by atoms with Gasteiger partial charge in [-0.1, -0.05) is 0 Å². The van der Waals surface area contributed by atoms with Crippen LogP contribution in [-0.2, 0) is 16.1 Å². The molecule has 1 aliphatic rings. The smallest absolute Gasteiger partial charge is 0.222 e. The van der Waals surface area contributed by atoms with Gasteiger partial charge in [-0.25, -0.2) is 0 Å². The van der Waals surface area contributed by atoms with Gasteiger partial charge in [0.25, 0.3) is 0 Å². The highest BCUT2D eigenvalue weighted by Crippen LogP contribution is 2.21. The SMILES string of the molecule is CN(Cc1cc(Br)cs1)C(=O)CCC1CCCCO1. The second kappa shape index (κ2) is 7.41. The molecule has 1 aliphatic heterocycles. The number of halogens is 1. The number of thiophene rings is 1. The molecule has 1 aromatic heterocycles. The first kappa shape index (κ1) is 15.0. The molecule has 1 unspecified atom stereocenters. The summed E-state index contributed by atoms with van der Waals surface area (Å²) >= 11 is 5.11. The van der Waals surface area contributed by atoms with Gasteiger partial charge >= 0.3 is 0 Å².